The summed E-state index contributed by atoms with van der Waals surface area (Å²) >= 11 is 0. The van der Waals surface area contributed by atoms with Gasteiger partial charge in [0.05, 0.1) is 19.8 Å². The summed E-state index contributed by atoms with van der Waals surface area (Å²) in [7, 11) is 3.33. The van der Waals surface area contributed by atoms with Crippen molar-refractivity contribution in [3.8, 4) is 11.5 Å². The molecule has 0 aromatic heterocycles. The molecule has 0 aliphatic carbocycles. The van der Waals surface area contributed by atoms with Gasteiger partial charge in [-0.3, -0.25) is 4.79 Å². The van der Waals surface area contributed by atoms with Gasteiger partial charge in [0.2, 0.25) is 5.91 Å². The van der Waals surface area contributed by atoms with Gasteiger partial charge in [-0.25, -0.2) is 0 Å². The van der Waals surface area contributed by atoms with E-state index in [1.54, 1.807) is 14.2 Å². The Labute approximate surface area is 273 Å². The van der Waals surface area contributed by atoms with Gasteiger partial charge in [0, 0.05) is 38.6 Å². The average Bonchev–Trinajstić information content (AvgIpc) is 2.96. The Morgan fingerprint density at radius 1 is 0.932 bits per heavy atom. The highest BCUT2D eigenvalue weighted by Gasteiger charge is 2.31. The Bertz CT molecular complexity index is 1080. The summed E-state index contributed by atoms with van der Waals surface area (Å²) in [5.74, 6) is 1.80. The zero-order valence-electron chi connectivity index (χ0n) is 28.3. The maximum Gasteiger partial charge on any atom is 0.223 e. The summed E-state index contributed by atoms with van der Waals surface area (Å²) in [6.45, 7) is 14.5. The molecule has 0 saturated carbocycles. The summed E-state index contributed by atoms with van der Waals surface area (Å²) in [4.78, 5) is 13.3. The number of amides is 1. The van der Waals surface area contributed by atoms with Gasteiger partial charge in [-0.05, 0) is 72.1 Å². The van der Waals surface area contributed by atoms with E-state index in [1.807, 2.05) is 44.2 Å². The van der Waals surface area contributed by atoms with Crippen LogP contribution in [0.4, 0.5) is 0 Å². The molecule has 0 aliphatic rings. The van der Waals surface area contributed by atoms with Gasteiger partial charge >= 0.3 is 0 Å². The third-order valence-corrected chi connectivity index (χ3v) is 8.39. The molecule has 44 heavy (non-hydrogen) atoms. The van der Waals surface area contributed by atoms with Crippen LogP contribution in [0.2, 0.25) is 0 Å². The van der Waals surface area contributed by atoms with Crippen LogP contribution in [0.15, 0.2) is 48.5 Å². The number of nitrogens with one attached hydrogen (secondary N) is 1. The monoisotopic (exact) mass is 634 g/mol. The van der Waals surface area contributed by atoms with Crippen molar-refractivity contribution < 1.29 is 24.1 Å². The molecule has 0 fully saturated rings. The lowest BCUT2D eigenvalue weighted by Gasteiger charge is -2.31. The minimum absolute atomic E-state index is 0. The molecule has 2 rings (SSSR count). The van der Waals surface area contributed by atoms with Crippen molar-refractivity contribution in [3.05, 3.63) is 59.7 Å². The van der Waals surface area contributed by atoms with Gasteiger partial charge in [0.25, 0.3) is 0 Å². The van der Waals surface area contributed by atoms with Gasteiger partial charge in [-0.15, -0.1) is 12.4 Å². The molecule has 0 spiro atoms. The molecule has 8 heteroatoms. The molecule has 0 aliphatic heterocycles. The number of carbonyl (C=O) groups excluding carboxylic acids is 1. The van der Waals surface area contributed by atoms with E-state index in [0.717, 1.165) is 30.6 Å². The molecule has 0 saturated heterocycles. The molecule has 7 nitrogen and oxygen atoms in total. The average molecular weight is 635 g/mol. The molecular weight excluding hydrogens is 576 g/mol. The normalized spacial score (nSPS) is 14.5. The Morgan fingerprint density at radius 3 is 2.20 bits per heavy atom. The van der Waals surface area contributed by atoms with Crippen molar-refractivity contribution >= 4 is 18.3 Å². The van der Waals surface area contributed by atoms with Crippen LogP contribution in [0.5, 0.6) is 11.5 Å². The van der Waals surface area contributed by atoms with E-state index >= 15 is 0 Å². The smallest absolute Gasteiger partial charge is 0.223 e. The summed E-state index contributed by atoms with van der Waals surface area (Å²) in [5, 5.41) is 14.4. The second-order valence-electron chi connectivity index (χ2n) is 13.5. The van der Waals surface area contributed by atoms with Crippen LogP contribution in [0, 0.1) is 29.1 Å². The van der Waals surface area contributed by atoms with Gasteiger partial charge < -0.3 is 30.4 Å². The number of aliphatic hydroxyl groups excluding tert-OH is 1. The summed E-state index contributed by atoms with van der Waals surface area (Å²) < 4.78 is 16.6. The topological polar surface area (TPSA) is 103 Å². The van der Waals surface area contributed by atoms with Crippen LogP contribution in [0.3, 0.4) is 0 Å². The third kappa shape index (κ3) is 13.8. The van der Waals surface area contributed by atoms with Gasteiger partial charge in [0.15, 0.2) is 11.5 Å². The van der Waals surface area contributed by atoms with Crippen molar-refractivity contribution in [2.24, 2.45) is 34.8 Å². The third-order valence-electron chi connectivity index (χ3n) is 8.39. The first-order valence-corrected chi connectivity index (χ1v) is 15.9. The molecule has 4 atom stereocenters. The molecular formula is C36H59ClN2O5. The molecule has 1 amide bonds. The Kier molecular flexibility index (Phi) is 18.0. The SMILES string of the molecule is COCCCOc1cc(C[C@@H](C[C@H](N)[C@@H](O)C[C@H](C(=O)NCC(C)(C)Cc2ccccc2)C(C)C)C(C)C)ccc1OC.Cl. The lowest BCUT2D eigenvalue weighted by atomic mass is 9.80. The number of hydrogen-bond donors (Lipinski definition) is 3. The highest BCUT2D eigenvalue weighted by molar-refractivity contribution is 5.85. The number of ether oxygens (including phenoxy) is 3. The van der Waals surface area contributed by atoms with Crippen molar-refractivity contribution in [3.63, 3.8) is 0 Å². The lowest BCUT2D eigenvalue weighted by Crippen LogP contribution is -2.44. The lowest BCUT2D eigenvalue weighted by molar-refractivity contribution is -0.128. The number of hydrogen-bond acceptors (Lipinski definition) is 6. The largest absolute Gasteiger partial charge is 0.493 e. The van der Waals surface area contributed by atoms with E-state index in [-0.39, 0.29) is 41.5 Å². The van der Waals surface area contributed by atoms with Crippen LogP contribution in [-0.4, -0.2) is 57.1 Å². The van der Waals surface area contributed by atoms with Crippen molar-refractivity contribution in [1.82, 2.24) is 5.32 Å². The fraction of sp³-hybridized carbons (Fsp3) is 0.639. The second-order valence-corrected chi connectivity index (χ2v) is 13.5. The van der Waals surface area contributed by atoms with E-state index in [0.29, 0.717) is 44.3 Å². The molecule has 4 N–H and O–H groups in total. The highest BCUT2D eigenvalue weighted by Crippen LogP contribution is 2.32. The number of aliphatic hydroxyl groups is 1. The Morgan fingerprint density at radius 2 is 1.61 bits per heavy atom. The van der Waals surface area contributed by atoms with E-state index in [2.05, 4.69) is 51.2 Å². The van der Waals surface area contributed by atoms with Crippen molar-refractivity contribution in [2.45, 2.75) is 85.8 Å². The predicted octanol–water partition coefficient (Wildman–Crippen LogP) is 6.47. The summed E-state index contributed by atoms with van der Waals surface area (Å²) in [6, 6.07) is 16.0. The minimum Gasteiger partial charge on any atom is -0.493 e. The van der Waals surface area contributed by atoms with Crippen molar-refractivity contribution in [2.75, 3.05) is 34.0 Å². The quantitative estimate of drug-likeness (QED) is 0.144. The number of benzene rings is 2. The van der Waals surface area contributed by atoms with Gasteiger partial charge in [-0.2, -0.15) is 0 Å². The van der Waals surface area contributed by atoms with E-state index in [9.17, 15) is 9.90 Å². The molecule has 250 valence electrons. The Hall–Kier alpha value is -2.32. The molecule has 0 bridgehead atoms. The van der Waals surface area contributed by atoms with E-state index in [4.69, 9.17) is 19.9 Å². The van der Waals surface area contributed by atoms with Crippen LogP contribution in [0.1, 0.15) is 71.9 Å². The maximum absolute atomic E-state index is 13.3. The summed E-state index contributed by atoms with van der Waals surface area (Å²) in [6.07, 6.45) is 2.71. The molecule has 0 radical (unpaired) electrons. The number of nitrogens with two attached hydrogens (primary N) is 1. The number of carbonyl (C=O) groups is 1. The fourth-order valence-corrected chi connectivity index (χ4v) is 5.53. The first-order chi connectivity index (χ1) is 20.4. The first kappa shape index (κ1) is 39.7. The van der Waals surface area contributed by atoms with Crippen LogP contribution < -0.4 is 20.5 Å². The first-order valence-electron chi connectivity index (χ1n) is 15.9. The van der Waals surface area contributed by atoms with E-state index < -0.39 is 12.1 Å². The van der Waals surface area contributed by atoms with E-state index in [1.165, 1.54) is 5.56 Å². The minimum atomic E-state index is -0.771. The maximum atomic E-state index is 13.3. The second kappa shape index (κ2) is 19.9. The molecule has 0 heterocycles. The zero-order chi connectivity index (χ0) is 32.0. The number of methoxy groups -OCH3 is 2. The van der Waals surface area contributed by atoms with Crippen LogP contribution in [0.25, 0.3) is 0 Å². The Balaban J connectivity index is 0.00000968. The molecule has 0 unspecified atom stereocenters. The van der Waals surface area contributed by atoms with Crippen molar-refractivity contribution in [1.29, 1.82) is 0 Å². The zero-order valence-corrected chi connectivity index (χ0v) is 29.1. The predicted molar refractivity (Wildman–Crippen MR) is 183 cm³/mol. The number of rotatable bonds is 20. The molecule has 2 aromatic rings. The summed E-state index contributed by atoms with van der Waals surface area (Å²) in [5.41, 5.74) is 8.92. The van der Waals surface area contributed by atoms with Crippen LogP contribution in [-0.2, 0) is 22.4 Å². The standard InChI is InChI=1S/C36H58N2O5.ClH/c1-25(2)29(19-28-15-16-33(42-8)34(20-28)43-18-12-17-41-7)21-31(37)32(39)22-30(26(3)4)35(40)38-24-36(5,6)23-27-13-10-9-11-14-27;/h9-11,13-16,20,25-26,29-32,39H,12,17-19,21-24,37H2,1-8H3,(H,38,40);1H/t29-,30-,31-,32-;/m0./s1. The van der Waals surface area contributed by atoms with Gasteiger partial charge in [0.1, 0.15) is 0 Å². The number of halogens is 1. The van der Waals surface area contributed by atoms with Crippen LogP contribution >= 0.6 is 12.4 Å². The highest BCUT2D eigenvalue weighted by atomic mass is 35.5. The van der Waals surface area contributed by atoms with Gasteiger partial charge in [-0.1, -0.05) is 77.9 Å². The fourth-order valence-electron chi connectivity index (χ4n) is 5.53. The molecule has 2 aromatic carbocycles.